The molecule has 1 atom stereocenters. The van der Waals surface area contributed by atoms with Crippen LogP contribution in [0.1, 0.15) is 30.9 Å². The van der Waals surface area contributed by atoms with Gasteiger partial charge >= 0.3 is 0 Å². The third kappa shape index (κ3) is 3.17. The number of H-pyrrole nitrogens is 1. The number of rotatable bonds is 5. The largest absolute Gasteiger partial charge is 0.377 e. The van der Waals surface area contributed by atoms with Gasteiger partial charge in [-0.2, -0.15) is 0 Å². The zero-order valence-electron chi connectivity index (χ0n) is 12.4. The molecule has 4 heteroatoms. The summed E-state index contributed by atoms with van der Waals surface area (Å²) in [5, 5.41) is 4.43. The summed E-state index contributed by atoms with van der Waals surface area (Å²) < 4.78 is 5.57. The number of aromatic nitrogens is 1. The number of pyridine rings is 1. The maximum Gasteiger partial charge on any atom is 0.252 e. The molecule has 1 saturated heterocycles. The predicted octanol–water partition coefficient (Wildman–Crippen LogP) is 2.36. The predicted molar refractivity (Wildman–Crippen MR) is 84.6 cm³/mol. The normalized spacial score (nSPS) is 18.4. The van der Waals surface area contributed by atoms with Crippen LogP contribution in [-0.4, -0.2) is 24.2 Å². The van der Waals surface area contributed by atoms with Crippen molar-refractivity contribution in [1.29, 1.82) is 0 Å². The number of hydrogen-bond acceptors (Lipinski definition) is 3. The molecule has 1 fully saturated rings. The highest BCUT2D eigenvalue weighted by molar-refractivity contribution is 5.82. The van der Waals surface area contributed by atoms with Gasteiger partial charge in [0.1, 0.15) is 0 Å². The van der Waals surface area contributed by atoms with Crippen molar-refractivity contribution in [2.45, 2.75) is 38.8 Å². The fraction of sp³-hybridized carbons (Fsp3) is 0.471. The first-order valence-corrected chi connectivity index (χ1v) is 7.74. The Morgan fingerprint density at radius 2 is 2.29 bits per heavy atom. The first-order valence-electron chi connectivity index (χ1n) is 7.74. The summed E-state index contributed by atoms with van der Waals surface area (Å²) in [4.78, 5) is 15.2. The van der Waals surface area contributed by atoms with Gasteiger partial charge in [0, 0.05) is 25.3 Å². The number of aromatic amines is 1. The van der Waals surface area contributed by atoms with Gasteiger partial charge in [-0.15, -0.1) is 0 Å². The Bertz CT molecular complexity index is 672. The third-order valence-electron chi connectivity index (χ3n) is 4.14. The van der Waals surface area contributed by atoms with Crippen LogP contribution in [0.5, 0.6) is 0 Å². The molecule has 21 heavy (non-hydrogen) atoms. The maximum absolute atomic E-state index is 12.2. The Morgan fingerprint density at radius 1 is 1.38 bits per heavy atom. The standard InChI is InChI=1S/C17H22N2O2/c1-2-12-5-3-6-13-9-14(17(20)19-16(12)13)10-18-11-15-7-4-8-21-15/h3,5-6,9,15,18H,2,4,7-8,10-11H2,1H3,(H,19,20). The van der Waals surface area contributed by atoms with Crippen molar-refractivity contribution in [2.75, 3.05) is 13.2 Å². The fourth-order valence-corrected chi connectivity index (χ4v) is 2.94. The highest BCUT2D eigenvalue weighted by Gasteiger charge is 2.14. The molecule has 0 spiro atoms. The number of ether oxygens (including phenoxy) is 1. The molecule has 1 aliphatic heterocycles. The van der Waals surface area contributed by atoms with Crippen LogP contribution < -0.4 is 10.9 Å². The van der Waals surface area contributed by atoms with Gasteiger partial charge in [0.25, 0.3) is 5.56 Å². The van der Waals surface area contributed by atoms with Gasteiger partial charge < -0.3 is 15.0 Å². The Kier molecular flexibility index (Phi) is 4.36. The summed E-state index contributed by atoms with van der Waals surface area (Å²) in [5.41, 5.74) is 2.94. The quantitative estimate of drug-likeness (QED) is 0.887. The molecule has 0 radical (unpaired) electrons. The second kappa shape index (κ2) is 6.41. The molecule has 2 N–H and O–H groups in total. The lowest BCUT2D eigenvalue weighted by molar-refractivity contribution is 0.110. The Hall–Kier alpha value is -1.65. The molecule has 2 heterocycles. The summed E-state index contributed by atoms with van der Waals surface area (Å²) >= 11 is 0. The molecule has 1 aromatic heterocycles. The lowest BCUT2D eigenvalue weighted by atomic mass is 10.1. The Labute approximate surface area is 124 Å². The summed E-state index contributed by atoms with van der Waals surface area (Å²) in [6.07, 6.45) is 3.48. The van der Waals surface area contributed by atoms with Gasteiger partial charge in [-0.05, 0) is 36.3 Å². The smallest absolute Gasteiger partial charge is 0.252 e. The molecule has 4 nitrogen and oxygen atoms in total. The molecule has 2 aromatic rings. The number of para-hydroxylation sites is 1. The highest BCUT2D eigenvalue weighted by atomic mass is 16.5. The first-order chi connectivity index (χ1) is 10.3. The van der Waals surface area contributed by atoms with E-state index in [1.54, 1.807) is 0 Å². The molecule has 112 valence electrons. The molecule has 1 aromatic carbocycles. The van der Waals surface area contributed by atoms with Crippen LogP contribution in [0.25, 0.3) is 10.9 Å². The second-order valence-electron chi connectivity index (χ2n) is 5.62. The highest BCUT2D eigenvalue weighted by Crippen LogP contribution is 2.16. The zero-order chi connectivity index (χ0) is 14.7. The van der Waals surface area contributed by atoms with E-state index < -0.39 is 0 Å². The molecular weight excluding hydrogens is 264 g/mol. The van der Waals surface area contributed by atoms with E-state index in [1.165, 1.54) is 5.56 Å². The topological polar surface area (TPSA) is 54.1 Å². The van der Waals surface area contributed by atoms with Crippen LogP contribution in [0, 0.1) is 0 Å². The van der Waals surface area contributed by atoms with Crippen LogP contribution in [-0.2, 0) is 17.7 Å². The lowest BCUT2D eigenvalue weighted by Gasteiger charge is -2.11. The van der Waals surface area contributed by atoms with Gasteiger partial charge in [-0.25, -0.2) is 0 Å². The molecule has 3 rings (SSSR count). The van der Waals surface area contributed by atoms with E-state index in [1.807, 2.05) is 18.2 Å². The maximum atomic E-state index is 12.2. The molecule has 0 bridgehead atoms. The first kappa shape index (κ1) is 14.3. The van der Waals surface area contributed by atoms with E-state index in [0.29, 0.717) is 12.6 Å². The van der Waals surface area contributed by atoms with E-state index in [4.69, 9.17) is 4.74 Å². The molecule has 0 saturated carbocycles. The summed E-state index contributed by atoms with van der Waals surface area (Å²) in [7, 11) is 0. The summed E-state index contributed by atoms with van der Waals surface area (Å²) in [6, 6.07) is 8.15. The monoisotopic (exact) mass is 286 g/mol. The SMILES string of the molecule is CCc1cccc2cc(CNCC3CCCO3)c(=O)[nH]c12. The van der Waals surface area contributed by atoms with Crippen molar-refractivity contribution in [2.24, 2.45) is 0 Å². The second-order valence-corrected chi connectivity index (χ2v) is 5.62. The van der Waals surface area contributed by atoms with Crippen molar-refractivity contribution in [3.63, 3.8) is 0 Å². The minimum atomic E-state index is 0.00300. The number of nitrogens with one attached hydrogen (secondary N) is 2. The van der Waals surface area contributed by atoms with Crippen LogP contribution >= 0.6 is 0 Å². The zero-order valence-corrected chi connectivity index (χ0v) is 12.4. The van der Waals surface area contributed by atoms with Crippen LogP contribution in [0.15, 0.2) is 29.1 Å². The van der Waals surface area contributed by atoms with Gasteiger partial charge in [0.05, 0.1) is 11.6 Å². The van der Waals surface area contributed by atoms with Crippen molar-refractivity contribution in [1.82, 2.24) is 10.3 Å². The average Bonchev–Trinajstić information content (AvgIpc) is 3.00. The van der Waals surface area contributed by atoms with E-state index in [9.17, 15) is 4.79 Å². The van der Waals surface area contributed by atoms with Gasteiger partial charge in [-0.3, -0.25) is 4.79 Å². The molecule has 0 aliphatic carbocycles. The van der Waals surface area contributed by atoms with E-state index in [0.717, 1.165) is 48.9 Å². The molecule has 1 unspecified atom stereocenters. The van der Waals surface area contributed by atoms with Crippen LogP contribution in [0.3, 0.4) is 0 Å². The Morgan fingerprint density at radius 3 is 3.05 bits per heavy atom. The minimum absolute atomic E-state index is 0.00300. The molecular formula is C17H22N2O2. The van der Waals surface area contributed by atoms with Crippen LogP contribution in [0.2, 0.25) is 0 Å². The number of fused-ring (bicyclic) bond motifs is 1. The van der Waals surface area contributed by atoms with Gasteiger partial charge in [-0.1, -0.05) is 25.1 Å². The average molecular weight is 286 g/mol. The van der Waals surface area contributed by atoms with Crippen molar-refractivity contribution in [3.05, 3.63) is 45.7 Å². The number of hydrogen-bond donors (Lipinski definition) is 2. The molecule has 1 aliphatic rings. The summed E-state index contributed by atoms with van der Waals surface area (Å²) in [5.74, 6) is 0. The number of aryl methyl sites for hydroxylation is 1. The fourth-order valence-electron chi connectivity index (χ4n) is 2.94. The van der Waals surface area contributed by atoms with E-state index >= 15 is 0 Å². The van der Waals surface area contributed by atoms with Crippen molar-refractivity contribution >= 4 is 10.9 Å². The van der Waals surface area contributed by atoms with E-state index in [2.05, 4.69) is 23.3 Å². The van der Waals surface area contributed by atoms with Gasteiger partial charge in [0.15, 0.2) is 0 Å². The Balaban J connectivity index is 1.76. The number of benzene rings is 1. The summed E-state index contributed by atoms with van der Waals surface area (Å²) in [6.45, 7) is 4.36. The van der Waals surface area contributed by atoms with Crippen molar-refractivity contribution in [3.8, 4) is 0 Å². The van der Waals surface area contributed by atoms with Gasteiger partial charge in [0.2, 0.25) is 0 Å². The van der Waals surface area contributed by atoms with E-state index in [-0.39, 0.29) is 5.56 Å². The third-order valence-corrected chi connectivity index (χ3v) is 4.14. The lowest BCUT2D eigenvalue weighted by Crippen LogP contribution is -2.28. The van der Waals surface area contributed by atoms with Crippen molar-refractivity contribution < 1.29 is 4.74 Å². The van der Waals surface area contributed by atoms with Crippen LogP contribution in [0.4, 0.5) is 0 Å². The minimum Gasteiger partial charge on any atom is -0.377 e. The molecule has 0 amide bonds.